The highest BCUT2D eigenvalue weighted by atomic mass is 16.4. The summed E-state index contributed by atoms with van der Waals surface area (Å²) in [6.07, 6.45) is 0. The Bertz CT molecular complexity index is 557. The minimum Gasteiger partial charge on any atom is -0.451 e. The van der Waals surface area contributed by atoms with E-state index in [4.69, 9.17) is 9.52 Å². The first-order chi connectivity index (χ1) is 9.11. The van der Waals surface area contributed by atoms with Crippen LogP contribution in [0.1, 0.15) is 16.1 Å². The highest BCUT2D eigenvalue weighted by Crippen LogP contribution is 2.23. The molecule has 1 aromatic heterocycles. The Hall–Kier alpha value is -2.07. The van der Waals surface area contributed by atoms with Gasteiger partial charge in [0.25, 0.3) is 5.91 Å². The molecule has 0 spiro atoms. The predicted molar refractivity (Wildman–Crippen MR) is 72.9 cm³/mol. The number of likely N-dealkylation sites (N-methyl/N-ethyl adjacent to an activating group) is 1. The molecule has 1 N–H and O–H groups in total. The number of amides is 1. The molecule has 0 aliphatic carbocycles. The van der Waals surface area contributed by atoms with E-state index in [2.05, 4.69) is 0 Å². The first kappa shape index (κ1) is 13.4. The lowest BCUT2D eigenvalue weighted by Gasteiger charge is -2.13. The van der Waals surface area contributed by atoms with E-state index in [0.29, 0.717) is 12.3 Å². The summed E-state index contributed by atoms with van der Waals surface area (Å²) in [7, 11) is 1.63. The molecule has 0 saturated heterocycles. The fourth-order valence-electron chi connectivity index (χ4n) is 1.77. The van der Waals surface area contributed by atoms with Crippen LogP contribution in [-0.4, -0.2) is 36.1 Å². The predicted octanol–water partition coefficient (Wildman–Crippen LogP) is 2.32. The van der Waals surface area contributed by atoms with Gasteiger partial charge in [0.2, 0.25) is 0 Å². The van der Waals surface area contributed by atoms with Crippen LogP contribution in [0.3, 0.4) is 0 Å². The Balaban J connectivity index is 2.19. The fraction of sp³-hybridized carbons (Fsp3) is 0.267. The number of benzene rings is 1. The monoisotopic (exact) mass is 259 g/mol. The molecule has 0 saturated carbocycles. The zero-order valence-corrected chi connectivity index (χ0v) is 11.1. The maximum atomic E-state index is 12.0. The van der Waals surface area contributed by atoms with Crippen LogP contribution >= 0.6 is 0 Å². The lowest BCUT2D eigenvalue weighted by atomic mass is 10.1. The van der Waals surface area contributed by atoms with Gasteiger partial charge in [-0.15, -0.1) is 0 Å². The van der Waals surface area contributed by atoms with Crippen molar-refractivity contribution in [2.45, 2.75) is 6.92 Å². The Morgan fingerprint density at radius 3 is 2.53 bits per heavy atom. The van der Waals surface area contributed by atoms with Crippen molar-refractivity contribution in [2.24, 2.45) is 0 Å². The van der Waals surface area contributed by atoms with Crippen LogP contribution in [0, 0.1) is 6.92 Å². The second-order valence-electron chi connectivity index (χ2n) is 4.48. The first-order valence-electron chi connectivity index (χ1n) is 6.15. The van der Waals surface area contributed by atoms with E-state index in [1.807, 2.05) is 31.2 Å². The molecule has 4 heteroatoms. The zero-order chi connectivity index (χ0) is 13.8. The summed E-state index contributed by atoms with van der Waals surface area (Å²) in [5.41, 5.74) is 2.11. The highest BCUT2D eigenvalue weighted by Gasteiger charge is 2.15. The van der Waals surface area contributed by atoms with Gasteiger partial charge in [-0.05, 0) is 19.1 Å². The maximum Gasteiger partial charge on any atom is 0.289 e. The summed E-state index contributed by atoms with van der Waals surface area (Å²) < 4.78 is 5.57. The minimum absolute atomic E-state index is 0.0617. The molecule has 4 nitrogen and oxygen atoms in total. The number of aryl methyl sites for hydroxylation is 1. The van der Waals surface area contributed by atoms with Gasteiger partial charge in [-0.3, -0.25) is 4.79 Å². The Labute approximate surface area is 112 Å². The van der Waals surface area contributed by atoms with Crippen molar-refractivity contribution in [3.05, 3.63) is 47.7 Å². The lowest BCUT2D eigenvalue weighted by molar-refractivity contribution is 0.0736. The van der Waals surface area contributed by atoms with Crippen molar-refractivity contribution in [2.75, 3.05) is 20.2 Å². The quantitative estimate of drug-likeness (QED) is 0.916. The number of carbonyl (C=O) groups excluding carboxylic acids is 1. The number of hydrogen-bond donors (Lipinski definition) is 1. The maximum absolute atomic E-state index is 12.0. The molecule has 100 valence electrons. The van der Waals surface area contributed by atoms with E-state index in [1.165, 1.54) is 10.5 Å². The van der Waals surface area contributed by atoms with Gasteiger partial charge in [0.05, 0.1) is 6.61 Å². The Morgan fingerprint density at radius 1 is 1.21 bits per heavy atom. The van der Waals surface area contributed by atoms with E-state index >= 15 is 0 Å². The third kappa shape index (κ3) is 3.03. The molecular formula is C15H17NO3. The number of nitrogens with zero attached hydrogens (tertiary/aromatic N) is 1. The van der Waals surface area contributed by atoms with Crippen LogP contribution in [-0.2, 0) is 0 Å². The van der Waals surface area contributed by atoms with E-state index < -0.39 is 0 Å². The summed E-state index contributed by atoms with van der Waals surface area (Å²) >= 11 is 0. The summed E-state index contributed by atoms with van der Waals surface area (Å²) in [5, 5.41) is 8.82. The molecule has 1 aromatic carbocycles. The molecule has 2 rings (SSSR count). The van der Waals surface area contributed by atoms with Crippen molar-refractivity contribution in [3.8, 4) is 11.3 Å². The summed E-state index contributed by atoms with van der Waals surface area (Å²) in [4.78, 5) is 13.4. The van der Waals surface area contributed by atoms with Crippen molar-refractivity contribution in [3.63, 3.8) is 0 Å². The summed E-state index contributed by atoms with van der Waals surface area (Å²) in [6, 6.07) is 11.4. The third-order valence-corrected chi connectivity index (χ3v) is 2.93. The van der Waals surface area contributed by atoms with Gasteiger partial charge in [-0.1, -0.05) is 29.8 Å². The van der Waals surface area contributed by atoms with Crippen LogP contribution in [0.15, 0.2) is 40.8 Å². The molecule has 2 aromatic rings. The fourth-order valence-corrected chi connectivity index (χ4v) is 1.77. The number of aliphatic hydroxyl groups excluding tert-OH is 1. The van der Waals surface area contributed by atoms with Crippen LogP contribution < -0.4 is 0 Å². The second kappa shape index (κ2) is 5.71. The number of furan rings is 1. The molecule has 0 unspecified atom stereocenters. The number of rotatable bonds is 4. The Morgan fingerprint density at radius 2 is 1.89 bits per heavy atom. The van der Waals surface area contributed by atoms with Crippen LogP contribution in [0.4, 0.5) is 0 Å². The summed E-state index contributed by atoms with van der Waals surface area (Å²) in [6.45, 7) is 2.25. The highest BCUT2D eigenvalue weighted by molar-refractivity contribution is 5.91. The molecule has 1 amide bonds. The van der Waals surface area contributed by atoms with Gasteiger partial charge in [0.15, 0.2) is 5.76 Å². The zero-order valence-electron chi connectivity index (χ0n) is 11.1. The van der Waals surface area contributed by atoms with Crippen LogP contribution in [0.2, 0.25) is 0 Å². The van der Waals surface area contributed by atoms with E-state index in [0.717, 1.165) is 5.56 Å². The smallest absolute Gasteiger partial charge is 0.289 e. The largest absolute Gasteiger partial charge is 0.451 e. The molecule has 0 aliphatic rings. The summed E-state index contributed by atoms with van der Waals surface area (Å²) in [5.74, 6) is 0.722. The normalized spacial score (nSPS) is 10.5. The van der Waals surface area contributed by atoms with Gasteiger partial charge < -0.3 is 14.4 Å². The number of aliphatic hydroxyl groups is 1. The van der Waals surface area contributed by atoms with Gasteiger partial charge in [0.1, 0.15) is 5.76 Å². The van der Waals surface area contributed by atoms with Crippen LogP contribution in [0.25, 0.3) is 11.3 Å². The minimum atomic E-state index is -0.229. The number of hydrogen-bond acceptors (Lipinski definition) is 3. The average Bonchev–Trinajstić information content (AvgIpc) is 2.88. The van der Waals surface area contributed by atoms with Crippen LogP contribution in [0.5, 0.6) is 0 Å². The average molecular weight is 259 g/mol. The third-order valence-electron chi connectivity index (χ3n) is 2.93. The molecule has 0 atom stereocenters. The molecule has 0 aliphatic heterocycles. The van der Waals surface area contributed by atoms with Crippen molar-refractivity contribution in [1.29, 1.82) is 0 Å². The standard InChI is InChI=1S/C15H17NO3/c1-11-3-5-12(6-4-11)13-7-8-14(19-13)15(18)16(2)9-10-17/h3-8,17H,9-10H2,1-2H3. The molecule has 1 heterocycles. The number of carbonyl (C=O) groups is 1. The van der Waals surface area contributed by atoms with Gasteiger partial charge in [-0.25, -0.2) is 0 Å². The SMILES string of the molecule is Cc1ccc(-c2ccc(C(=O)N(C)CCO)o2)cc1. The van der Waals surface area contributed by atoms with Crippen molar-refractivity contribution < 1.29 is 14.3 Å². The van der Waals surface area contributed by atoms with Gasteiger partial charge in [-0.2, -0.15) is 0 Å². The molecule has 0 bridgehead atoms. The van der Waals surface area contributed by atoms with Gasteiger partial charge in [0, 0.05) is 19.2 Å². The van der Waals surface area contributed by atoms with E-state index in [9.17, 15) is 4.79 Å². The van der Waals surface area contributed by atoms with Gasteiger partial charge >= 0.3 is 0 Å². The Kier molecular flexibility index (Phi) is 4.02. The van der Waals surface area contributed by atoms with Crippen molar-refractivity contribution >= 4 is 5.91 Å². The molecule has 0 fully saturated rings. The first-order valence-corrected chi connectivity index (χ1v) is 6.15. The lowest BCUT2D eigenvalue weighted by Crippen LogP contribution is -2.29. The topological polar surface area (TPSA) is 53.7 Å². The molecule has 19 heavy (non-hydrogen) atoms. The van der Waals surface area contributed by atoms with Crippen molar-refractivity contribution in [1.82, 2.24) is 4.90 Å². The van der Waals surface area contributed by atoms with E-state index in [-0.39, 0.29) is 18.3 Å². The second-order valence-corrected chi connectivity index (χ2v) is 4.48. The van der Waals surface area contributed by atoms with E-state index in [1.54, 1.807) is 19.2 Å². The molecule has 0 radical (unpaired) electrons. The molecular weight excluding hydrogens is 242 g/mol.